The van der Waals surface area contributed by atoms with E-state index in [-0.39, 0.29) is 11.3 Å². The van der Waals surface area contributed by atoms with Crippen molar-refractivity contribution in [1.29, 1.82) is 0 Å². The number of hydrogen-bond acceptors (Lipinski definition) is 2. The van der Waals surface area contributed by atoms with Gasteiger partial charge in [0.25, 0.3) is 0 Å². The van der Waals surface area contributed by atoms with E-state index in [1.54, 1.807) is 0 Å². The molecule has 2 unspecified atom stereocenters. The molecule has 0 bridgehead atoms. The first-order chi connectivity index (χ1) is 10.4. The molecule has 22 heavy (non-hydrogen) atoms. The Morgan fingerprint density at radius 3 is 2.41 bits per heavy atom. The fourth-order valence-corrected chi connectivity index (χ4v) is 7.29. The molecule has 4 rings (SSSR count). The minimum atomic E-state index is -0.0134. The predicted molar refractivity (Wildman–Crippen MR) is 86.3 cm³/mol. The highest BCUT2D eigenvalue weighted by Gasteiger charge is 2.61. The third kappa shape index (κ3) is 1.73. The second-order valence-electron chi connectivity index (χ2n) is 9.24. The normalized spacial score (nSPS) is 54.6. The predicted octanol–water partition coefficient (Wildman–Crippen LogP) is 4.41. The van der Waals surface area contributed by atoms with Crippen LogP contribution in [0.4, 0.5) is 0 Å². The lowest BCUT2D eigenvalue weighted by atomic mass is 9.44. The Morgan fingerprint density at radius 2 is 1.64 bits per heavy atom. The van der Waals surface area contributed by atoms with Gasteiger partial charge in [0, 0.05) is 24.2 Å². The Hall–Kier alpha value is -0.660. The number of Topliss-reactive ketones (excluding diaryl/α,β-unsaturated/α-hetero) is 2. The minimum absolute atomic E-state index is 0.0134. The van der Waals surface area contributed by atoms with Crippen molar-refractivity contribution in [2.24, 2.45) is 40.4 Å². The molecule has 0 amide bonds. The van der Waals surface area contributed by atoms with Crippen LogP contribution < -0.4 is 0 Å². The molecule has 122 valence electrons. The van der Waals surface area contributed by atoms with E-state index in [0.29, 0.717) is 28.8 Å². The third-order valence-corrected chi connectivity index (χ3v) is 8.67. The molecule has 4 saturated carbocycles. The van der Waals surface area contributed by atoms with Gasteiger partial charge in [0.1, 0.15) is 11.6 Å². The van der Waals surface area contributed by atoms with Crippen molar-refractivity contribution in [2.75, 3.05) is 0 Å². The number of ketones is 2. The Kier molecular flexibility index (Phi) is 3.17. The van der Waals surface area contributed by atoms with E-state index in [1.165, 1.54) is 19.3 Å². The molecule has 0 aromatic rings. The Balaban J connectivity index is 1.67. The van der Waals surface area contributed by atoms with Gasteiger partial charge in [0.2, 0.25) is 0 Å². The Morgan fingerprint density at radius 1 is 0.864 bits per heavy atom. The largest absolute Gasteiger partial charge is 0.299 e. The van der Waals surface area contributed by atoms with Crippen LogP contribution in [0.2, 0.25) is 0 Å². The molecule has 0 radical (unpaired) electrons. The zero-order valence-corrected chi connectivity index (χ0v) is 14.4. The number of rotatable bonds is 0. The lowest BCUT2D eigenvalue weighted by Crippen LogP contribution is -2.55. The summed E-state index contributed by atoms with van der Waals surface area (Å²) >= 11 is 0. The topological polar surface area (TPSA) is 34.1 Å². The van der Waals surface area contributed by atoms with Crippen LogP contribution in [0.1, 0.15) is 72.1 Å². The molecule has 2 nitrogen and oxygen atoms in total. The molecular formula is C20H30O2. The summed E-state index contributed by atoms with van der Waals surface area (Å²) in [5, 5.41) is 0. The number of hydrogen-bond donors (Lipinski definition) is 0. The van der Waals surface area contributed by atoms with Gasteiger partial charge in [-0.25, -0.2) is 0 Å². The molecular weight excluding hydrogens is 272 g/mol. The molecule has 7 atom stereocenters. The van der Waals surface area contributed by atoms with Gasteiger partial charge in [-0.2, -0.15) is 0 Å². The van der Waals surface area contributed by atoms with Gasteiger partial charge in [0.05, 0.1) is 0 Å². The van der Waals surface area contributed by atoms with Crippen molar-refractivity contribution in [2.45, 2.75) is 72.1 Å². The standard InChI is InChI=1S/C20H30O2/c1-12-14-5-4-13-15-6-7-18(22)20(15,3)10-8-16(13)19(14,2)11-9-17(12)21/h12-16H,4-11H2,1-3H3/t12?,13-,14?,15-,16+,19-,20-/m0/s1. The quantitative estimate of drug-likeness (QED) is 0.664. The van der Waals surface area contributed by atoms with Crippen LogP contribution in [-0.4, -0.2) is 11.6 Å². The highest BCUT2D eigenvalue weighted by Crippen LogP contribution is 2.65. The van der Waals surface area contributed by atoms with E-state index in [2.05, 4.69) is 20.8 Å². The average molecular weight is 302 g/mol. The maximum absolute atomic E-state index is 12.4. The van der Waals surface area contributed by atoms with Crippen LogP contribution >= 0.6 is 0 Å². The van der Waals surface area contributed by atoms with Crippen molar-refractivity contribution in [3.05, 3.63) is 0 Å². The summed E-state index contributed by atoms with van der Waals surface area (Å²) in [5.74, 6) is 4.02. The first-order valence-electron chi connectivity index (χ1n) is 9.44. The van der Waals surface area contributed by atoms with Gasteiger partial charge in [-0.1, -0.05) is 20.8 Å². The molecule has 4 aliphatic carbocycles. The van der Waals surface area contributed by atoms with Gasteiger partial charge in [-0.15, -0.1) is 0 Å². The lowest BCUT2D eigenvalue weighted by Gasteiger charge is -2.60. The molecule has 4 aliphatic rings. The number of carbonyl (C=O) groups is 2. The van der Waals surface area contributed by atoms with Crippen LogP contribution in [-0.2, 0) is 9.59 Å². The van der Waals surface area contributed by atoms with Crippen molar-refractivity contribution in [3.63, 3.8) is 0 Å². The van der Waals surface area contributed by atoms with Crippen molar-refractivity contribution in [3.8, 4) is 0 Å². The molecule has 0 aliphatic heterocycles. The van der Waals surface area contributed by atoms with Crippen LogP contribution in [0.15, 0.2) is 0 Å². The fraction of sp³-hybridized carbons (Fsp3) is 0.900. The maximum Gasteiger partial charge on any atom is 0.139 e. The second-order valence-corrected chi connectivity index (χ2v) is 9.24. The fourth-order valence-electron chi connectivity index (χ4n) is 7.29. The first kappa shape index (κ1) is 14.9. The van der Waals surface area contributed by atoms with E-state index in [4.69, 9.17) is 0 Å². The molecule has 0 spiro atoms. The van der Waals surface area contributed by atoms with Gasteiger partial charge >= 0.3 is 0 Å². The highest BCUT2D eigenvalue weighted by molar-refractivity contribution is 5.87. The van der Waals surface area contributed by atoms with Crippen molar-refractivity contribution >= 4 is 11.6 Å². The van der Waals surface area contributed by atoms with Crippen LogP contribution in [0.25, 0.3) is 0 Å². The molecule has 0 aromatic heterocycles. The summed E-state index contributed by atoms with van der Waals surface area (Å²) in [5.41, 5.74) is 0.337. The zero-order chi connectivity index (χ0) is 15.7. The molecule has 4 fully saturated rings. The van der Waals surface area contributed by atoms with Crippen LogP contribution in [0.5, 0.6) is 0 Å². The highest BCUT2D eigenvalue weighted by atomic mass is 16.1. The minimum Gasteiger partial charge on any atom is -0.299 e. The van der Waals surface area contributed by atoms with E-state index in [1.807, 2.05) is 0 Å². The average Bonchev–Trinajstić information content (AvgIpc) is 2.79. The monoisotopic (exact) mass is 302 g/mol. The zero-order valence-electron chi connectivity index (χ0n) is 14.4. The summed E-state index contributed by atoms with van der Waals surface area (Å²) in [4.78, 5) is 24.6. The van der Waals surface area contributed by atoms with Crippen molar-refractivity contribution in [1.82, 2.24) is 0 Å². The van der Waals surface area contributed by atoms with Gasteiger partial charge in [-0.3, -0.25) is 9.59 Å². The summed E-state index contributed by atoms with van der Waals surface area (Å²) < 4.78 is 0. The first-order valence-corrected chi connectivity index (χ1v) is 9.44. The molecule has 0 heterocycles. The van der Waals surface area contributed by atoms with Crippen LogP contribution in [0, 0.1) is 40.4 Å². The molecule has 0 saturated heterocycles. The van der Waals surface area contributed by atoms with Gasteiger partial charge in [0.15, 0.2) is 0 Å². The number of fused-ring (bicyclic) bond motifs is 5. The van der Waals surface area contributed by atoms with Crippen LogP contribution in [0.3, 0.4) is 0 Å². The summed E-state index contributed by atoms with van der Waals surface area (Å²) in [6.07, 6.45) is 8.63. The maximum atomic E-state index is 12.4. The summed E-state index contributed by atoms with van der Waals surface area (Å²) in [7, 11) is 0. The van der Waals surface area contributed by atoms with Gasteiger partial charge < -0.3 is 0 Å². The van der Waals surface area contributed by atoms with E-state index >= 15 is 0 Å². The number of carbonyl (C=O) groups excluding carboxylic acids is 2. The second kappa shape index (κ2) is 4.68. The molecule has 2 heteroatoms. The SMILES string of the molecule is CC1C(=O)CC[C@@]2(C)C1CC[C@@H]1[C@H]2CC[C@]2(C)C(=O)CC[C@@H]12. The summed E-state index contributed by atoms with van der Waals surface area (Å²) in [6.45, 7) is 6.91. The van der Waals surface area contributed by atoms with Gasteiger partial charge in [-0.05, 0) is 67.6 Å². The molecule has 0 aromatic carbocycles. The van der Waals surface area contributed by atoms with E-state index in [9.17, 15) is 9.59 Å². The summed E-state index contributed by atoms with van der Waals surface area (Å²) in [6, 6.07) is 0. The molecule has 0 N–H and O–H groups in total. The van der Waals surface area contributed by atoms with Crippen molar-refractivity contribution < 1.29 is 9.59 Å². The smallest absolute Gasteiger partial charge is 0.139 e. The lowest BCUT2D eigenvalue weighted by molar-refractivity contribution is -0.151. The Bertz CT molecular complexity index is 524. The van der Waals surface area contributed by atoms with E-state index < -0.39 is 0 Å². The van der Waals surface area contributed by atoms with E-state index in [0.717, 1.165) is 43.9 Å². The third-order valence-electron chi connectivity index (χ3n) is 8.67. The Labute approximate surface area is 134 Å².